The number of hydrogen-bond donors (Lipinski definition) is 2. The number of carbonyl (C=O) groups is 2. The zero-order valence-electron chi connectivity index (χ0n) is 20.0. The van der Waals surface area contributed by atoms with Crippen molar-refractivity contribution in [3.05, 3.63) is 116 Å². The molecule has 2 amide bonds. The summed E-state index contributed by atoms with van der Waals surface area (Å²) < 4.78 is 1.34. The Morgan fingerprint density at radius 1 is 0.949 bits per heavy atom. The summed E-state index contributed by atoms with van der Waals surface area (Å²) in [5.74, 6) is -0.915. The van der Waals surface area contributed by atoms with Crippen LogP contribution < -0.4 is 16.3 Å². The number of anilines is 1. The Kier molecular flexibility index (Phi) is 6.39. The predicted molar refractivity (Wildman–Crippen MR) is 153 cm³/mol. The lowest BCUT2D eigenvalue weighted by atomic mass is 10.1. The predicted octanol–water partition coefficient (Wildman–Crippen LogP) is 4.47. The number of aromatic nitrogens is 2. The van der Waals surface area contributed by atoms with E-state index in [1.54, 1.807) is 54.7 Å². The fraction of sp³-hybridized carbons (Fsp3) is 0. The van der Waals surface area contributed by atoms with E-state index in [9.17, 15) is 14.4 Å². The first-order valence-electron chi connectivity index (χ1n) is 11.7. The van der Waals surface area contributed by atoms with Gasteiger partial charge in [0.25, 0.3) is 17.4 Å². The second-order valence-electron chi connectivity index (χ2n) is 8.47. The first kappa shape index (κ1) is 24.5. The van der Waals surface area contributed by atoms with Gasteiger partial charge in [-0.25, -0.2) is 0 Å². The highest BCUT2D eigenvalue weighted by Gasteiger charge is 2.34. The Morgan fingerprint density at radius 3 is 2.54 bits per heavy atom. The minimum absolute atomic E-state index is 0.200. The second-order valence-corrected chi connectivity index (χ2v) is 9.90. The van der Waals surface area contributed by atoms with Crippen molar-refractivity contribution < 1.29 is 9.59 Å². The van der Waals surface area contributed by atoms with E-state index in [4.69, 9.17) is 11.6 Å². The van der Waals surface area contributed by atoms with Gasteiger partial charge in [-0.1, -0.05) is 54.1 Å². The van der Waals surface area contributed by atoms with E-state index < -0.39 is 5.91 Å². The van der Waals surface area contributed by atoms with Crippen LogP contribution in [0.2, 0.25) is 5.02 Å². The number of thioether (sulfide) groups is 1. The van der Waals surface area contributed by atoms with Gasteiger partial charge in [0, 0.05) is 27.9 Å². The first-order valence-corrected chi connectivity index (χ1v) is 12.9. The third-order valence-electron chi connectivity index (χ3n) is 5.93. The summed E-state index contributed by atoms with van der Waals surface area (Å²) in [6.45, 7) is 0. The average Bonchev–Trinajstić information content (AvgIpc) is 3.47. The molecule has 39 heavy (non-hydrogen) atoms. The normalized spacial score (nSPS) is 16.4. The van der Waals surface area contributed by atoms with Gasteiger partial charge in [-0.2, -0.15) is 19.9 Å². The van der Waals surface area contributed by atoms with Crippen LogP contribution >= 0.6 is 23.4 Å². The van der Waals surface area contributed by atoms with E-state index in [0.717, 1.165) is 22.9 Å². The third-order valence-corrected chi connectivity index (χ3v) is 7.12. The third kappa shape index (κ3) is 4.90. The lowest BCUT2D eigenvalue weighted by Crippen LogP contribution is -2.20. The second kappa shape index (κ2) is 10.2. The van der Waals surface area contributed by atoms with Crippen LogP contribution in [0.1, 0.15) is 11.1 Å². The van der Waals surface area contributed by atoms with Gasteiger partial charge in [0.15, 0.2) is 5.17 Å². The molecule has 1 aromatic heterocycles. The molecular weight excluding hydrogens is 536 g/mol. The summed E-state index contributed by atoms with van der Waals surface area (Å²) in [6.07, 6.45) is 1.55. The number of amides is 2. The molecule has 0 saturated carbocycles. The smallest absolute Gasteiger partial charge is 0.287 e. The molecule has 2 N–H and O–H groups in total. The van der Waals surface area contributed by atoms with Crippen LogP contribution in [0.4, 0.5) is 5.69 Å². The van der Waals surface area contributed by atoms with Gasteiger partial charge in [-0.15, -0.1) is 0 Å². The van der Waals surface area contributed by atoms with Crippen LogP contribution in [0.15, 0.2) is 105 Å². The van der Waals surface area contributed by atoms with Crippen LogP contribution in [0.3, 0.4) is 0 Å². The molecule has 0 spiro atoms. The first-order chi connectivity index (χ1) is 19.0. The number of amidine groups is 1. The minimum atomic E-state index is -0.532. The molecule has 2 aliphatic heterocycles. The molecule has 0 radical (unpaired) electrons. The summed E-state index contributed by atoms with van der Waals surface area (Å²) in [5.41, 5.74) is 6.84. The Hall–Kier alpha value is -4.80. The van der Waals surface area contributed by atoms with E-state index in [1.165, 1.54) is 10.7 Å². The average molecular weight is 553 g/mol. The number of nitrogens with one attached hydrogen (secondary N) is 2. The lowest BCUT2D eigenvalue weighted by molar-refractivity contribution is -0.114. The molecule has 2 aliphatic rings. The number of halogens is 1. The standard InChI is InChI=1S/C28H17ClN6O3S/c29-18-8-11-22-20(14-18)24(26(37)31-22)25-27(38)32-28(39-25)33-30-15-16-6-9-19(10-7-16)35-23(36)13-12-21(34-35)17-4-2-1-3-5-17/h1-15H,(H,31,37)(H,32,33,38). The van der Waals surface area contributed by atoms with E-state index in [2.05, 4.69) is 25.9 Å². The zero-order valence-corrected chi connectivity index (χ0v) is 21.5. The fourth-order valence-electron chi connectivity index (χ4n) is 4.10. The monoisotopic (exact) mass is 552 g/mol. The molecule has 0 fully saturated rings. The van der Waals surface area contributed by atoms with E-state index in [1.807, 2.05) is 30.3 Å². The number of hydrazone groups is 1. The molecule has 6 rings (SSSR count). The topological polar surface area (TPSA) is 118 Å². The number of benzene rings is 3. The Balaban J connectivity index is 1.16. The highest BCUT2D eigenvalue weighted by molar-refractivity contribution is 8.18. The molecule has 0 atom stereocenters. The van der Waals surface area contributed by atoms with Crippen molar-refractivity contribution in [2.45, 2.75) is 0 Å². The van der Waals surface area contributed by atoms with Gasteiger partial charge < -0.3 is 5.32 Å². The van der Waals surface area contributed by atoms with Crippen LogP contribution in [0, 0.1) is 0 Å². The molecule has 0 saturated heterocycles. The molecule has 11 heteroatoms. The summed E-state index contributed by atoms with van der Waals surface area (Å²) in [4.78, 5) is 41.7. The van der Waals surface area contributed by atoms with Crippen LogP contribution in [0.25, 0.3) is 22.5 Å². The maximum Gasteiger partial charge on any atom is 0.287 e. The SMILES string of the molecule is O=C1N=C(NN=Cc2ccc(-n3nc(-c4ccccc4)ccc3=O)cc2)SC1=C1C(=O)Nc2ccc(Cl)cc21. The fourth-order valence-corrected chi connectivity index (χ4v) is 5.13. The molecule has 190 valence electrons. The van der Waals surface area contributed by atoms with E-state index in [0.29, 0.717) is 27.7 Å². The number of fused-ring (bicyclic) bond motifs is 1. The maximum absolute atomic E-state index is 12.6. The van der Waals surface area contributed by atoms with Gasteiger partial charge in [0.2, 0.25) is 0 Å². The van der Waals surface area contributed by atoms with Gasteiger partial charge in [-0.3, -0.25) is 19.8 Å². The molecule has 0 unspecified atom stereocenters. The summed E-state index contributed by atoms with van der Waals surface area (Å²) in [6, 6.07) is 24.9. The number of aliphatic imine (C=N–C) groups is 1. The quantitative estimate of drug-likeness (QED) is 0.219. The molecule has 4 aromatic rings. The number of hydrogen-bond acceptors (Lipinski definition) is 7. The van der Waals surface area contributed by atoms with Crippen molar-refractivity contribution >= 4 is 57.8 Å². The van der Waals surface area contributed by atoms with Gasteiger partial charge in [0.05, 0.1) is 28.1 Å². The Labute approximate surface area is 230 Å². The van der Waals surface area contributed by atoms with Gasteiger partial charge in [0.1, 0.15) is 0 Å². The molecule has 3 heterocycles. The summed E-state index contributed by atoms with van der Waals surface area (Å²) >= 11 is 7.12. The largest absolute Gasteiger partial charge is 0.321 e. The van der Waals surface area contributed by atoms with Gasteiger partial charge >= 0.3 is 0 Å². The Morgan fingerprint density at radius 2 is 1.74 bits per heavy atom. The van der Waals surface area contributed by atoms with Crippen molar-refractivity contribution in [1.82, 2.24) is 15.2 Å². The van der Waals surface area contributed by atoms with E-state index in [-0.39, 0.29) is 27.1 Å². The molecule has 9 nitrogen and oxygen atoms in total. The van der Waals surface area contributed by atoms with E-state index >= 15 is 0 Å². The molecule has 3 aromatic carbocycles. The zero-order chi connectivity index (χ0) is 26.9. The molecule has 0 bridgehead atoms. The minimum Gasteiger partial charge on any atom is -0.321 e. The van der Waals surface area contributed by atoms with Crippen LogP contribution in [0.5, 0.6) is 0 Å². The number of carbonyl (C=O) groups excluding carboxylic acids is 2. The molecular formula is C28H17ClN6O3S. The molecule has 0 aliphatic carbocycles. The van der Waals surface area contributed by atoms with Crippen molar-refractivity contribution in [2.24, 2.45) is 10.1 Å². The summed E-state index contributed by atoms with van der Waals surface area (Å²) in [7, 11) is 0. The number of nitrogens with zero attached hydrogens (tertiary/aromatic N) is 4. The van der Waals surface area contributed by atoms with Crippen molar-refractivity contribution in [2.75, 3.05) is 5.32 Å². The van der Waals surface area contributed by atoms with Crippen molar-refractivity contribution in [1.29, 1.82) is 0 Å². The van der Waals surface area contributed by atoms with Crippen LogP contribution in [-0.2, 0) is 9.59 Å². The maximum atomic E-state index is 12.6. The lowest BCUT2D eigenvalue weighted by Gasteiger charge is -2.07. The Bertz CT molecular complexity index is 1800. The van der Waals surface area contributed by atoms with Gasteiger partial charge in [-0.05, 0) is 53.7 Å². The van der Waals surface area contributed by atoms with Crippen molar-refractivity contribution in [3.63, 3.8) is 0 Å². The number of rotatable bonds is 4. The van der Waals surface area contributed by atoms with Crippen molar-refractivity contribution in [3.8, 4) is 16.9 Å². The summed E-state index contributed by atoms with van der Waals surface area (Å²) in [5, 5.41) is 12.1. The van der Waals surface area contributed by atoms with Crippen LogP contribution in [-0.4, -0.2) is 33.0 Å². The highest BCUT2D eigenvalue weighted by atomic mass is 35.5. The highest BCUT2D eigenvalue weighted by Crippen LogP contribution is 2.41.